The Kier molecular flexibility index (Phi) is 6.19. The number of rotatable bonds is 7. The normalized spacial score (nSPS) is 12.7. The van der Waals surface area contributed by atoms with E-state index in [1.165, 1.54) is 0 Å². The van der Waals surface area contributed by atoms with E-state index in [1.54, 1.807) is 17.0 Å². The van der Waals surface area contributed by atoms with E-state index in [0.717, 1.165) is 12.8 Å². The lowest BCUT2D eigenvalue weighted by Crippen LogP contribution is -2.26. The van der Waals surface area contributed by atoms with Gasteiger partial charge in [0.15, 0.2) is 5.82 Å². The van der Waals surface area contributed by atoms with Gasteiger partial charge in [0.1, 0.15) is 0 Å². The Hall–Kier alpha value is -1.03. The van der Waals surface area contributed by atoms with Gasteiger partial charge in [-0.15, -0.1) is 11.6 Å². The molecule has 18 heavy (non-hydrogen) atoms. The van der Waals surface area contributed by atoms with Crippen molar-refractivity contribution in [2.75, 3.05) is 11.9 Å². The molecule has 1 rings (SSSR count). The number of alkyl halides is 1. The number of aromatic nitrogens is 2. The maximum Gasteiger partial charge on any atom is 0.293 e. The second kappa shape index (κ2) is 7.41. The van der Waals surface area contributed by atoms with Crippen LogP contribution in [-0.4, -0.2) is 21.5 Å². The quantitative estimate of drug-likeness (QED) is 0.776. The Morgan fingerprint density at radius 3 is 2.83 bits per heavy atom. The molecule has 0 spiro atoms. The molecule has 102 valence electrons. The summed E-state index contributed by atoms with van der Waals surface area (Å²) in [5, 5.41) is 3.21. The highest BCUT2D eigenvalue weighted by Gasteiger charge is 2.06. The minimum Gasteiger partial charge on any atom is -0.365 e. The lowest BCUT2D eigenvalue weighted by molar-refractivity contribution is 0.509. The summed E-state index contributed by atoms with van der Waals surface area (Å²) in [6.45, 7) is 7.60. The second-order valence-electron chi connectivity index (χ2n) is 4.85. The van der Waals surface area contributed by atoms with Crippen molar-refractivity contribution in [2.45, 2.75) is 45.5 Å². The molecule has 5 heteroatoms. The van der Waals surface area contributed by atoms with E-state index < -0.39 is 0 Å². The first-order chi connectivity index (χ1) is 8.54. The summed E-state index contributed by atoms with van der Waals surface area (Å²) in [6.07, 6.45) is 5.15. The lowest BCUT2D eigenvalue weighted by Gasteiger charge is -2.11. The number of nitrogens with zero attached hydrogens (tertiary/aromatic N) is 2. The highest BCUT2D eigenvalue weighted by atomic mass is 35.5. The summed E-state index contributed by atoms with van der Waals surface area (Å²) in [7, 11) is 0. The summed E-state index contributed by atoms with van der Waals surface area (Å²) in [5.41, 5.74) is -0.0613. The molecule has 1 aromatic heterocycles. The van der Waals surface area contributed by atoms with Gasteiger partial charge in [-0.25, -0.2) is 4.98 Å². The highest BCUT2D eigenvalue weighted by molar-refractivity contribution is 6.20. The molecule has 0 bridgehead atoms. The van der Waals surface area contributed by atoms with Crippen molar-refractivity contribution in [3.8, 4) is 0 Å². The van der Waals surface area contributed by atoms with Crippen molar-refractivity contribution in [3.63, 3.8) is 0 Å². The minimum absolute atomic E-state index is 0.0613. The molecule has 1 unspecified atom stereocenters. The summed E-state index contributed by atoms with van der Waals surface area (Å²) < 4.78 is 1.69. The number of halogens is 1. The molecule has 1 atom stereocenters. The van der Waals surface area contributed by atoms with Gasteiger partial charge >= 0.3 is 0 Å². The molecule has 4 nitrogen and oxygen atoms in total. The van der Waals surface area contributed by atoms with E-state index in [9.17, 15) is 4.79 Å². The zero-order chi connectivity index (χ0) is 13.5. The zero-order valence-electron chi connectivity index (χ0n) is 11.3. The SMILES string of the molecule is CCC(Cl)CCNc1nccn(CC(C)C)c1=O. The van der Waals surface area contributed by atoms with Crippen LogP contribution in [0.3, 0.4) is 0 Å². The van der Waals surface area contributed by atoms with Gasteiger partial charge < -0.3 is 9.88 Å². The average molecular weight is 272 g/mol. The predicted molar refractivity (Wildman–Crippen MR) is 76.4 cm³/mol. The van der Waals surface area contributed by atoms with Crippen LogP contribution in [0.4, 0.5) is 5.82 Å². The molecule has 0 fully saturated rings. The molecule has 0 aliphatic rings. The van der Waals surface area contributed by atoms with Crippen LogP contribution in [0.25, 0.3) is 0 Å². The van der Waals surface area contributed by atoms with Crippen LogP contribution in [0.5, 0.6) is 0 Å². The van der Waals surface area contributed by atoms with Crippen LogP contribution >= 0.6 is 11.6 Å². The van der Waals surface area contributed by atoms with Gasteiger partial charge in [-0.3, -0.25) is 4.79 Å². The van der Waals surface area contributed by atoms with Crippen molar-refractivity contribution >= 4 is 17.4 Å². The van der Waals surface area contributed by atoms with Crippen LogP contribution in [0.1, 0.15) is 33.6 Å². The largest absolute Gasteiger partial charge is 0.365 e. The standard InChI is InChI=1S/C13H22ClN3O/c1-4-11(14)5-6-15-12-13(18)17(8-7-16-12)9-10(2)3/h7-8,10-11H,4-6,9H2,1-3H3,(H,15,16). The van der Waals surface area contributed by atoms with E-state index in [2.05, 4.69) is 24.1 Å². The predicted octanol–water partition coefficient (Wildman–Crippen LogP) is 2.72. The van der Waals surface area contributed by atoms with Gasteiger partial charge in [0, 0.05) is 30.9 Å². The van der Waals surface area contributed by atoms with Crippen LogP contribution in [0, 0.1) is 5.92 Å². The van der Waals surface area contributed by atoms with Gasteiger partial charge in [0.05, 0.1) is 0 Å². The second-order valence-corrected chi connectivity index (χ2v) is 5.47. The Bertz CT molecular complexity index is 417. The van der Waals surface area contributed by atoms with Gasteiger partial charge in [0.2, 0.25) is 0 Å². The third-order valence-electron chi connectivity index (χ3n) is 2.67. The van der Waals surface area contributed by atoms with Crippen LogP contribution < -0.4 is 10.9 Å². The highest BCUT2D eigenvalue weighted by Crippen LogP contribution is 2.06. The molecule has 0 aliphatic heterocycles. The minimum atomic E-state index is -0.0613. The van der Waals surface area contributed by atoms with Gasteiger partial charge in [-0.05, 0) is 18.8 Å². The third kappa shape index (κ3) is 4.69. The molecule has 1 N–H and O–H groups in total. The van der Waals surface area contributed by atoms with Crippen LogP contribution in [-0.2, 0) is 6.54 Å². The van der Waals surface area contributed by atoms with Crippen molar-refractivity contribution in [2.24, 2.45) is 5.92 Å². The molecule has 0 saturated heterocycles. The first-order valence-corrected chi connectivity index (χ1v) is 6.91. The number of hydrogen-bond acceptors (Lipinski definition) is 3. The van der Waals surface area contributed by atoms with Crippen molar-refractivity contribution in [1.29, 1.82) is 0 Å². The van der Waals surface area contributed by atoms with E-state index in [0.29, 0.717) is 24.8 Å². The molecular formula is C13H22ClN3O. The molecular weight excluding hydrogens is 250 g/mol. The fourth-order valence-corrected chi connectivity index (χ4v) is 1.77. The van der Waals surface area contributed by atoms with Crippen LogP contribution in [0.15, 0.2) is 17.2 Å². The fraction of sp³-hybridized carbons (Fsp3) is 0.692. The Morgan fingerprint density at radius 2 is 2.22 bits per heavy atom. The molecule has 1 aromatic rings. The molecule has 0 aliphatic carbocycles. The molecule has 0 saturated carbocycles. The first kappa shape index (κ1) is 15.0. The number of hydrogen-bond donors (Lipinski definition) is 1. The number of nitrogens with one attached hydrogen (secondary N) is 1. The van der Waals surface area contributed by atoms with Gasteiger partial charge in [0.25, 0.3) is 5.56 Å². The summed E-state index contributed by atoms with van der Waals surface area (Å²) in [4.78, 5) is 16.1. The van der Waals surface area contributed by atoms with Crippen molar-refractivity contribution < 1.29 is 0 Å². The topological polar surface area (TPSA) is 46.9 Å². The third-order valence-corrected chi connectivity index (χ3v) is 3.20. The van der Waals surface area contributed by atoms with Gasteiger partial charge in [-0.1, -0.05) is 20.8 Å². The summed E-state index contributed by atoms with van der Waals surface area (Å²) in [6, 6.07) is 0. The molecule has 1 heterocycles. The Balaban J connectivity index is 2.63. The average Bonchev–Trinajstić information content (AvgIpc) is 2.33. The number of anilines is 1. The first-order valence-electron chi connectivity index (χ1n) is 6.48. The summed E-state index contributed by atoms with van der Waals surface area (Å²) >= 11 is 6.03. The van der Waals surface area contributed by atoms with E-state index in [-0.39, 0.29) is 10.9 Å². The Morgan fingerprint density at radius 1 is 1.50 bits per heavy atom. The van der Waals surface area contributed by atoms with E-state index >= 15 is 0 Å². The summed E-state index contributed by atoms with van der Waals surface area (Å²) in [5.74, 6) is 0.850. The van der Waals surface area contributed by atoms with Crippen LogP contribution in [0.2, 0.25) is 0 Å². The van der Waals surface area contributed by atoms with Crippen molar-refractivity contribution in [3.05, 3.63) is 22.7 Å². The Labute approximate surface area is 113 Å². The maximum atomic E-state index is 12.1. The van der Waals surface area contributed by atoms with Gasteiger partial charge in [-0.2, -0.15) is 0 Å². The smallest absolute Gasteiger partial charge is 0.293 e. The molecule has 0 aromatic carbocycles. The monoisotopic (exact) mass is 271 g/mol. The zero-order valence-corrected chi connectivity index (χ0v) is 12.1. The van der Waals surface area contributed by atoms with E-state index in [4.69, 9.17) is 11.6 Å². The molecule has 0 radical (unpaired) electrons. The lowest BCUT2D eigenvalue weighted by atomic mass is 10.2. The molecule has 0 amide bonds. The van der Waals surface area contributed by atoms with Crippen molar-refractivity contribution in [1.82, 2.24) is 9.55 Å². The fourth-order valence-electron chi connectivity index (χ4n) is 1.66. The van der Waals surface area contributed by atoms with E-state index in [1.807, 2.05) is 6.92 Å². The maximum absolute atomic E-state index is 12.1.